The normalized spacial score (nSPS) is 14.1. The van der Waals surface area contributed by atoms with Gasteiger partial charge in [0.2, 0.25) is 5.91 Å². The summed E-state index contributed by atoms with van der Waals surface area (Å²) in [4.78, 5) is 16.2. The van der Waals surface area contributed by atoms with Crippen LogP contribution in [0.1, 0.15) is 34.7 Å². The molecule has 0 bridgehead atoms. The Morgan fingerprint density at radius 2 is 1.96 bits per heavy atom. The molecule has 1 fully saturated rings. The number of primary amides is 1. The first-order chi connectivity index (χ1) is 11.1. The van der Waals surface area contributed by atoms with Crippen LogP contribution in [0.4, 0.5) is 4.39 Å². The van der Waals surface area contributed by atoms with Gasteiger partial charge < -0.3 is 5.73 Å². The Hall–Kier alpha value is -2.75. The molecule has 1 heterocycles. The first kappa shape index (κ1) is 13.9. The number of rotatable bonds is 3. The van der Waals surface area contributed by atoms with Crippen LogP contribution in [0.2, 0.25) is 0 Å². The average molecular weight is 306 g/mol. The van der Waals surface area contributed by atoms with Gasteiger partial charge in [-0.3, -0.25) is 9.78 Å². The number of nitrogens with two attached hydrogens (primary N) is 1. The van der Waals surface area contributed by atoms with Crippen LogP contribution in [-0.4, -0.2) is 10.9 Å². The average Bonchev–Trinajstić information content (AvgIpc) is 3.38. The number of para-hydroxylation sites is 1. The maximum atomic E-state index is 13.7. The van der Waals surface area contributed by atoms with E-state index in [0.29, 0.717) is 17.0 Å². The van der Waals surface area contributed by atoms with Crippen molar-refractivity contribution in [1.29, 1.82) is 0 Å². The van der Waals surface area contributed by atoms with Crippen LogP contribution < -0.4 is 5.73 Å². The molecule has 2 aromatic carbocycles. The third-order valence-electron chi connectivity index (χ3n) is 4.36. The molecule has 0 saturated heterocycles. The summed E-state index contributed by atoms with van der Waals surface area (Å²) in [5.41, 5.74) is 9.21. The summed E-state index contributed by atoms with van der Waals surface area (Å²) >= 11 is 0. The molecule has 0 aliphatic heterocycles. The van der Waals surface area contributed by atoms with E-state index in [1.165, 1.54) is 36.6 Å². The zero-order valence-corrected chi connectivity index (χ0v) is 12.4. The Labute approximate surface area is 133 Å². The lowest BCUT2D eigenvalue weighted by Crippen LogP contribution is -2.12. The summed E-state index contributed by atoms with van der Waals surface area (Å²) < 4.78 is 13.7. The lowest BCUT2D eigenvalue weighted by atomic mass is 9.94. The van der Waals surface area contributed by atoms with Crippen LogP contribution >= 0.6 is 0 Å². The number of benzene rings is 2. The van der Waals surface area contributed by atoms with E-state index in [1.807, 2.05) is 12.1 Å². The third-order valence-corrected chi connectivity index (χ3v) is 4.36. The van der Waals surface area contributed by atoms with Crippen molar-refractivity contribution in [3.8, 4) is 11.1 Å². The third kappa shape index (κ3) is 2.36. The highest BCUT2D eigenvalue weighted by atomic mass is 19.1. The largest absolute Gasteiger partial charge is 0.366 e. The molecule has 0 unspecified atom stereocenters. The van der Waals surface area contributed by atoms with Crippen LogP contribution in [0.25, 0.3) is 22.0 Å². The summed E-state index contributed by atoms with van der Waals surface area (Å²) in [7, 11) is 0. The highest BCUT2D eigenvalue weighted by Crippen LogP contribution is 2.43. The SMILES string of the molecule is NC(=O)c1ccc(F)cc1-c1ccnc2c(C3CC3)cccc12. The minimum atomic E-state index is -0.566. The maximum absolute atomic E-state index is 13.7. The number of halogens is 1. The summed E-state index contributed by atoms with van der Waals surface area (Å²) in [5.74, 6) is -0.402. The highest BCUT2D eigenvalue weighted by Gasteiger charge is 2.26. The van der Waals surface area contributed by atoms with E-state index in [1.54, 1.807) is 12.3 Å². The van der Waals surface area contributed by atoms with Crippen LogP contribution in [0.3, 0.4) is 0 Å². The predicted molar refractivity (Wildman–Crippen MR) is 87.6 cm³/mol. The summed E-state index contributed by atoms with van der Waals surface area (Å²) in [6, 6.07) is 11.9. The van der Waals surface area contributed by atoms with Gasteiger partial charge in [-0.05, 0) is 59.7 Å². The number of nitrogens with zero attached hydrogens (tertiary/aromatic N) is 1. The molecule has 0 spiro atoms. The quantitative estimate of drug-likeness (QED) is 0.794. The van der Waals surface area contributed by atoms with Crippen LogP contribution in [0, 0.1) is 5.82 Å². The van der Waals surface area contributed by atoms with Gasteiger partial charge in [-0.1, -0.05) is 18.2 Å². The molecule has 4 rings (SSSR count). The Balaban J connectivity index is 2.02. The van der Waals surface area contributed by atoms with E-state index in [4.69, 9.17) is 5.73 Å². The fraction of sp³-hybridized carbons (Fsp3) is 0.158. The number of hydrogen-bond donors (Lipinski definition) is 1. The maximum Gasteiger partial charge on any atom is 0.249 e. The second-order valence-corrected chi connectivity index (χ2v) is 5.93. The van der Waals surface area contributed by atoms with E-state index >= 15 is 0 Å². The molecule has 3 aromatic rings. The van der Waals surface area contributed by atoms with Gasteiger partial charge in [0.05, 0.1) is 5.52 Å². The Bertz CT molecular complexity index is 932. The van der Waals surface area contributed by atoms with Gasteiger partial charge in [-0.25, -0.2) is 4.39 Å². The topological polar surface area (TPSA) is 56.0 Å². The second kappa shape index (κ2) is 5.16. The lowest BCUT2D eigenvalue weighted by Gasteiger charge is -2.12. The number of carbonyl (C=O) groups is 1. The number of pyridine rings is 1. The van der Waals surface area contributed by atoms with Crippen molar-refractivity contribution in [1.82, 2.24) is 4.98 Å². The molecular formula is C19H15FN2O. The van der Waals surface area contributed by atoms with Gasteiger partial charge in [0.15, 0.2) is 0 Å². The van der Waals surface area contributed by atoms with Gasteiger partial charge in [0, 0.05) is 17.1 Å². The molecule has 4 heteroatoms. The number of hydrogen-bond acceptors (Lipinski definition) is 2. The number of fused-ring (bicyclic) bond motifs is 1. The molecule has 1 aliphatic rings. The van der Waals surface area contributed by atoms with Crippen LogP contribution in [0.5, 0.6) is 0 Å². The van der Waals surface area contributed by atoms with Crippen LogP contribution in [-0.2, 0) is 0 Å². The van der Waals surface area contributed by atoms with E-state index < -0.39 is 11.7 Å². The molecule has 3 nitrogen and oxygen atoms in total. The fourth-order valence-corrected chi connectivity index (χ4v) is 3.11. The number of amides is 1. The van der Waals surface area contributed by atoms with E-state index in [-0.39, 0.29) is 0 Å². The number of aromatic nitrogens is 1. The smallest absolute Gasteiger partial charge is 0.249 e. The minimum Gasteiger partial charge on any atom is -0.366 e. The Morgan fingerprint density at radius 3 is 2.70 bits per heavy atom. The van der Waals surface area contributed by atoms with Gasteiger partial charge in [-0.2, -0.15) is 0 Å². The molecule has 1 amide bonds. The molecule has 114 valence electrons. The van der Waals surface area contributed by atoms with Crippen molar-refractivity contribution in [3.05, 3.63) is 65.6 Å². The highest BCUT2D eigenvalue weighted by molar-refractivity contribution is 6.05. The standard InChI is InChI=1S/C19H15FN2O/c20-12-6-7-16(19(21)23)17(10-12)14-8-9-22-18-13(11-4-5-11)2-1-3-15(14)18/h1-3,6-11H,4-5H2,(H2,21,23). The summed E-state index contributed by atoms with van der Waals surface area (Å²) in [6.45, 7) is 0. The van der Waals surface area contributed by atoms with Crippen LogP contribution in [0.15, 0.2) is 48.7 Å². The zero-order chi connectivity index (χ0) is 16.0. The first-order valence-corrected chi connectivity index (χ1v) is 7.62. The van der Waals surface area contributed by atoms with Crippen molar-refractivity contribution < 1.29 is 9.18 Å². The monoisotopic (exact) mass is 306 g/mol. The minimum absolute atomic E-state index is 0.315. The summed E-state index contributed by atoms with van der Waals surface area (Å²) in [6.07, 6.45) is 4.06. The molecule has 0 radical (unpaired) electrons. The fourth-order valence-electron chi connectivity index (χ4n) is 3.11. The first-order valence-electron chi connectivity index (χ1n) is 7.62. The van der Waals surface area contributed by atoms with Crippen molar-refractivity contribution in [2.24, 2.45) is 5.73 Å². The zero-order valence-electron chi connectivity index (χ0n) is 12.4. The van der Waals surface area contributed by atoms with Gasteiger partial charge in [-0.15, -0.1) is 0 Å². The van der Waals surface area contributed by atoms with E-state index in [0.717, 1.165) is 16.5 Å². The van der Waals surface area contributed by atoms with Crippen molar-refractivity contribution in [2.75, 3.05) is 0 Å². The Kier molecular flexibility index (Phi) is 3.11. The predicted octanol–water partition coefficient (Wildman–Crippen LogP) is 4.02. The van der Waals surface area contributed by atoms with E-state index in [2.05, 4.69) is 11.1 Å². The second-order valence-electron chi connectivity index (χ2n) is 5.93. The van der Waals surface area contributed by atoms with Crippen molar-refractivity contribution in [3.63, 3.8) is 0 Å². The Morgan fingerprint density at radius 1 is 1.13 bits per heavy atom. The molecular weight excluding hydrogens is 291 g/mol. The van der Waals surface area contributed by atoms with E-state index in [9.17, 15) is 9.18 Å². The number of carbonyl (C=O) groups excluding carboxylic acids is 1. The molecule has 1 aliphatic carbocycles. The van der Waals surface area contributed by atoms with Crippen molar-refractivity contribution in [2.45, 2.75) is 18.8 Å². The molecule has 1 saturated carbocycles. The van der Waals surface area contributed by atoms with Gasteiger partial charge in [0.1, 0.15) is 5.82 Å². The molecule has 0 atom stereocenters. The van der Waals surface area contributed by atoms with Gasteiger partial charge in [0.25, 0.3) is 0 Å². The molecule has 23 heavy (non-hydrogen) atoms. The molecule has 1 aromatic heterocycles. The van der Waals surface area contributed by atoms with Gasteiger partial charge >= 0.3 is 0 Å². The lowest BCUT2D eigenvalue weighted by molar-refractivity contribution is 0.100. The van der Waals surface area contributed by atoms with Crippen molar-refractivity contribution >= 4 is 16.8 Å². The summed E-state index contributed by atoms with van der Waals surface area (Å²) in [5, 5.41) is 0.921. The molecule has 2 N–H and O–H groups in total.